The first-order valence-corrected chi connectivity index (χ1v) is 8.26. The fourth-order valence-corrected chi connectivity index (χ4v) is 2.55. The van der Waals surface area contributed by atoms with Crippen molar-refractivity contribution in [2.45, 2.75) is 19.3 Å². The van der Waals surface area contributed by atoms with Gasteiger partial charge in [0.2, 0.25) is 15.9 Å². The zero-order chi connectivity index (χ0) is 14.8. The van der Waals surface area contributed by atoms with Crippen LogP contribution in [0.1, 0.15) is 23.9 Å². The average Bonchev–Trinajstić information content (AvgIpc) is 2.84. The largest absolute Gasteiger partial charge is 0.341 e. The molecular weight excluding hydrogens is 280 g/mol. The number of sulfonamides is 1. The molecule has 1 aliphatic rings. The highest BCUT2D eigenvalue weighted by molar-refractivity contribution is 7.88. The average molecular weight is 298 g/mol. The molecule has 0 aromatic carbocycles. The Balaban J connectivity index is 1.93. The van der Waals surface area contributed by atoms with Crippen molar-refractivity contribution < 1.29 is 13.2 Å². The second kappa shape index (κ2) is 5.84. The summed E-state index contributed by atoms with van der Waals surface area (Å²) in [5.41, 5.74) is 0.901. The van der Waals surface area contributed by atoms with Gasteiger partial charge in [-0.05, 0) is 19.4 Å². The number of amides is 1. The van der Waals surface area contributed by atoms with Gasteiger partial charge in [0.05, 0.1) is 12.8 Å². The molecule has 2 heterocycles. The van der Waals surface area contributed by atoms with Crippen molar-refractivity contribution in [2.24, 2.45) is 0 Å². The second-order valence-electron chi connectivity index (χ2n) is 4.97. The number of nitrogens with one attached hydrogen (secondary N) is 1. The Bertz CT molecular complexity index is 602. The van der Waals surface area contributed by atoms with Gasteiger partial charge in [0, 0.05) is 30.9 Å². The number of aryl methyl sites for hydroxylation is 1. The fourth-order valence-electron chi connectivity index (χ4n) is 2.17. The normalized spacial score (nSPS) is 19.3. The van der Waals surface area contributed by atoms with Crippen LogP contribution in [0, 0.1) is 6.92 Å². The maximum Gasteiger partial charge on any atom is 0.237 e. The minimum atomic E-state index is -3.34. The highest BCUT2D eigenvalue weighted by atomic mass is 32.2. The Hall–Kier alpha value is -1.54. The van der Waals surface area contributed by atoms with Crippen LogP contribution in [-0.4, -0.2) is 55.1 Å². The minimum Gasteiger partial charge on any atom is -0.341 e. The monoisotopic (exact) mass is 298 g/mol. The number of hydrogen-bond acceptors (Lipinski definition) is 5. The molecule has 0 aliphatic carbocycles. The third-order valence-electron chi connectivity index (χ3n) is 3.21. The Labute approximate surface area is 118 Å². The number of nitrogens with zero attached hydrogens (tertiary/aromatic N) is 3. The molecule has 1 aromatic rings. The van der Waals surface area contributed by atoms with Gasteiger partial charge in [0.1, 0.15) is 5.82 Å². The summed E-state index contributed by atoms with van der Waals surface area (Å²) in [6, 6.07) is 1.83. The quantitative estimate of drug-likeness (QED) is 0.820. The lowest BCUT2D eigenvalue weighted by atomic mass is 10.1. The summed E-state index contributed by atoms with van der Waals surface area (Å²) in [6.45, 7) is 2.85. The van der Waals surface area contributed by atoms with E-state index < -0.39 is 10.0 Å². The maximum absolute atomic E-state index is 11.9. The Morgan fingerprint density at radius 3 is 2.95 bits per heavy atom. The van der Waals surface area contributed by atoms with Crippen molar-refractivity contribution in [3.63, 3.8) is 0 Å². The summed E-state index contributed by atoms with van der Waals surface area (Å²) < 4.78 is 24.2. The number of carbonyl (C=O) groups is 1. The van der Waals surface area contributed by atoms with E-state index in [1.54, 1.807) is 11.1 Å². The van der Waals surface area contributed by atoms with E-state index in [0.717, 1.165) is 24.2 Å². The van der Waals surface area contributed by atoms with Gasteiger partial charge in [-0.2, -0.15) is 0 Å². The van der Waals surface area contributed by atoms with Crippen LogP contribution >= 0.6 is 0 Å². The Morgan fingerprint density at radius 2 is 2.30 bits per heavy atom. The van der Waals surface area contributed by atoms with E-state index in [9.17, 15) is 13.2 Å². The van der Waals surface area contributed by atoms with Crippen LogP contribution in [0.25, 0.3) is 0 Å². The summed E-state index contributed by atoms with van der Waals surface area (Å²) in [5, 5.41) is 0. The third-order valence-corrected chi connectivity index (χ3v) is 3.87. The summed E-state index contributed by atoms with van der Waals surface area (Å²) in [6.07, 6.45) is 3.55. The zero-order valence-electron chi connectivity index (χ0n) is 11.5. The molecule has 110 valence electrons. The maximum atomic E-state index is 11.9. The van der Waals surface area contributed by atoms with Crippen molar-refractivity contribution in [1.82, 2.24) is 19.6 Å². The molecule has 1 unspecified atom stereocenters. The van der Waals surface area contributed by atoms with Crippen molar-refractivity contribution in [2.75, 3.05) is 25.9 Å². The van der Waals surface area contributed by atoms with Crippen LogP contribution in [0.4, 0.5) is 0 Å². The molecule has 0 saturated carbocycles. The van der Waals surface area contributed by atoms with Gasteiger partial charge in [-0.25, -0.2) is 23.1 Å². The lowest BCUT2D eigenvalue weighted by Crippen LogP contribution is -2.38. The molecular formula is C12H18N4O3S. The predicted octanol–water partition coefficient (Wildman–Crippen LogP) is -0.350. The van der Waals surface area contributed by atoms with Crippen LogP contribution in [0.15, 0.2) is 12.3 Å². The molecule has 1 amide bonds. The summed E-state index contributed by atoms with van der Waals surface area (Å²) in [4.78, 5) is 22.2. The summed E-state index contributed by atoms with van der Waals surface area (Å²) >= 11 is 0. The molecule has 1 aromatic heterocycles. The molecule has 0 spiro atoms. The first-order chi connectivity index (χ1) is 9.35. The zero-order valence-corrected chi connectivity index (χ0v) is 12.4. The Kier molecular flexibility index (Phi) is 4.34. The van der Waals surface area contributed by atoms with Crippen LogP contribution in [0.2, 0.25) is 0 Å². The van der Waals surface area contributed by atoms with Crippen molar-refractivity contribution >= 4 is 15.9 Å². The SMILES string of the molecule is Cc1ccnc(C2CCN(C(=O)CNS(C)(=O)=O)C2)n1. The van der Waals surface area contributed by atoms with Crippen LogP contribution < -0.4 is 4.72 Å². The number of carbonyl (C=O) groups excluding carboxylic acids is 1. The van der Waals surface area contributed by atoms with Crippen LogP contribution in [0.5, 0.6) is 0 Å². The van der Waals surface area contributed by atoms with Gasteiger partial charge in [-0.15, -0.1) is 0 Å². The molecule has 1 aliphatic heterocycles. The summed E-state index contributed by atoms with van der Waals surface area (Å²) in [7, 11) is -3.34. The van der Waals surface area contributed by atoms with Crippen molar-refractivity contribution in [3.8, 4) is 0 Å². The number of likely N-dealkylation sites (tertiary alicyclic amines) is 1. The fraction of sp³-hybridized carbons (Fsp3) is 0.583. The van der Waals surface area contributed by atoms with Crippen molar-refractivity contribution in [1.29, 1.82) is 0 Å². The predicted molar refractivity (Wildman–Crippen MR) is 73.6 cm³/mol. The first-order valence-electron chi connectivity index (χ1n) is 6.37. The van der Waals surface area contributed by atoms with E-state index >= 15 is 0 Å². The highest BCUT2D eigenvalue weighted by Gasteiger charge is 2.29. The molecule has 1 N–H and O–H groups in total. The van der Waals surface area contributed by atoms with E-state index in [1.807, 2.05) is 13.0 Å². The van der Waals surface area contributed by atoms with Gasteiger partial charge in [0.15, 0.2) is 0 Å². The smallest absolute Gasteiger partial charge is 0.237 e. The minimum absolute atomic E-state index is 0.122. The van der Waals surface area contributed by atoms with E-state index in [-0.39, 0.29) is 18.4 Å². The molecule has 8 heteroatoms. The van der Waals surface area contributed by atoms with E-state index in [0.29, 0.717) is 13.1 Å². The molecule has 20 heavy (non-hydrogen) atoms. The lowest BCUT2D eigenvalue weighted by molar-refractivity contribution is -0.128. The lowest BCUT2D eigenvalue weighted by Gasteiger charge is -2.16. The first kappa shape index (κ1) is 14.9. The van der Waals surface area contributed by atoms with Gasteiger partial charge in [-0.1, -0.05) is 0 Å². The van der Waals surface area contributed by atoms with Gasteiger partial charge in [-0.3, -0.25) is 4.79 Å². The molecule has 2 rings (SSSR count). The number of hydrogen-bond donors (Lipinski definition) is 1. The molecule has 0 bridgehead atoms. The standard InChI is InChI=1S/C12H18N4O3S/c1-9-3-5-13-12(15-9)10-4-6-16(8-10)11(17)7-14-20(2,18)19/h3,5,10,14H,4,6-8H2,1-2H3. The summed E-state index contributed by atoms with van der Waals surface area (Å²) in [5.74, 6) is 0.652. The molecule has 0 radical (unpaired) electrons. The molecule has 1 fully saturated rings. The Morgan fingerprint density at radius 1 is 1.55 bits per heavy atom. The van der Waals surface area contributed by atoms with E-state index in [2.05, 4.69) is 14.7 Å². The van der Waals surface area contributed by atoms with Gasteiger partial charge < -0.3 is 4.90 Å². The molecule has 1 saturated heterocycles. The number of aromatic nitrogens is 2. The van der Waals surface area contributed by atoms with E-state index in [4.69, 9.17) is 0 Å². The highest BCUT2D eigenvalue weighted by Crippen LogP contribution is 2.24. The van der Waals surface area contributed by atoms with Gasteiger partial charge in [0.25, 0.3) is 0 Å². The molecule has 7 nitrogen and oxygen atoms in total. The second-order valence-corrected chi connectivity index (χ2v) is 6.81. The van der Waals surface area contributed by atoms with Crippen LogP contribution in [-0.2, 0) is 14.8 Å². The van der Waals surface area contributed by atoms with Gasteiger partial charge >= 0.3 is 0 Å². The molecule has 1 atom stereocenters. The third kappa shape index (κ3) is 3.97. The number of rotatable bonds is 4. The van der Waals surface area contributed by atoms with Crippen molar-refractivity contribution in [3.05, 3.63) is 23.8 Å². The van der Waals surface area contributed by atoms with E-state index in [1.165, 1.54) is 0 Å². The topological polar surface area (TPSA) is 92.3 Å². The van der Waals surface area contributed by atoms with Crippen LogP contribution in [0.3, 0.4) is 0 Å².